The Morgan fingerprint density at radius 1 is 1.41 bits per heavy atom. The molecular weight excluding hydrogens is 292 g/mol. The highest BCUT2D eigenvalue weighted by atomic mass is 79.9. The SMILES string of the molecule is CC(C)CNC(=O)c1ccc(Br)c(C(F)F)c1. The fourth-order valence-corrected chi connectivity index (χ4v) is 1.67. The van der Waals surface area contributed by atoms with Crippen molar-refractivity contribution in [1.29, 1.82) is 0 Å². The van der Waals surface area contributed by atoms with Crippen LogP contribution in [0.4, 0.5) is 8.78 Å². The summed E-state index contributed by atoms with van der Waals surface area (Å²) in [4.78, 5) is 11.7. The van der Waals surface area contributed by atoms with Crippen molar-refractivity contribution in [3.63, 3.8) is 0 Å². The number of carbonyl (C=O) groups is 1. The molecule has 5 heteroatoms. The maximum Gasteiger partial charge on any atom is 0.264 e. The Hall–Kier alpha value is -0.970. The minimum atomic E-state index is -2.60. The molecule has 94 valence electrons. The predicted octanol–water partition coefficient (Wildman–Crippen LogP) is 3.77. The lowest BCUT2D eigenvalue weighted by Gasteiger charge is -2.09. The summed E-state index contributed by atoms with van der Waals surface area (Å²) >= 11 is 3.03. The van der Waals surface area contributed by atoms with Crippen LogP contribution in [0.1, 0.15) is 36.2 Å². The zero-order valence-corrected chi connectivity index (χ0v) is 11.2. The van der Waals surface area contributed by atoms with Gasteiger partial charge in [0.25, 0.3) is 12.3 Å². The standard InChI is InChI=1S/C12H14BrF2NO/c1-7(2)6-16-12(17)8-3-4-10(13)9(5-8)11(14)15/h3-5,7,11H,6H2,1-2H3,(H,16,17). The van der Waals surface area contributed by atoms with Gasteiger partial charge in [-0.05, 0) is 24.1 Å². The molecule has 0 bridgehead atoms. The minimum absolute atomic E-state index is 0.165. The summed E-state index contributed by atoms with van der Waals surface area (Å²) in [5, 5.41) is 2.68. The maximum atomic E-state index is 12.6. The van der Waals surface area contributed by atoms with Crippen molar-refractivity contribution >= 4 is 21.8 Å². The van der Waals surface area contributed by atoms with E-state index in [1.807, 2.05) is 13.8 Å². The molecule has 0 fully saturated rings. The summed E-state index contributed by atoms with van der Waals surface area (Å²) < 4.78 is 25.6. The number of hydrogen-bond acceptors (Lipinski definition) is 1. The lowest BCUT2D eigenvalue weighted by Crippen LogP contribution is -2.27. The number of rotatable bonds is 4. The Bertz CT molecular complexity index is 407. The van der Waals surface area contributed by atoms with Crippen molar-refractivity contribution in [2.75, 3.05) is 6.54 Å². The summed E-state index contributed by atoms with van der Waals surface area (Å²) in [6.07, 6.45) is -2.60. The van der Waals surface area contributed by atoms with E-state index in [4.69, 9.17) is 0 Å². The molecule has 2 nitrogen and oxygen atoms in total. The van der Waals surface area contributed by atoms with Crippen LogP contribution in [-0.2, 0) is 0 Å². The zero-order chi connectivity index (χ0) is 13.0. The van der Waals surface area contributed by atoms with Crippen LogP contribution >= 0.6 is 15.9 Å². The average Bonchev–Trinajstić information content (AvgIpc) is 2.26. The van der Waals surface area contributed by atoms with Gasteiger partial charge in [0.05, 0.1) is 0 Å². The Labute approximate surface area is 108 Å². The molecule has 0 saturated heterocycles. The number of nitrogens with one attached hydrogen (secondary N) is 1. The molecule has 0 spiro atoms. The van der Waals surface area contributed by atoms with Crippen molar-refractivity contribution in [3.8, 4) is 0 Å². The van der Waals surface area contributed by atoms with E-state index < -0.39 is 6.43 Å². The summed E-state index contributed by atoms with van der Waals surface area (Å²) in [7, 11) is 0. The Balaban J connectivity index is 2.84. The van der Waals surface area contributed by atoms with E-state index in [9.17, 15) is 13.6 Å². The second-order valence-corrected chi connectivity index (χ2v) is 5.00. The van der Waals surface area contributed by atoms with Gasteiger partial charge in [0.2, 0.25) is 0 Å². The van der Waals surface area contributed by atoms with Gasteiger partial charge in [-0.1, -0.05) is 29.8 Å². The molecule has 1 aromatic rings. The molecule has 0 radical (unpaired) electrons. The summed E-state index contributed by atoms with van der Waals surface area (Å²) in [6, 6.07) is 4.20. The van der Waals surface area contributed by atoms with Crippen LogP contribution < -0.4 is 5.32 Å². The van der Waals surface area contributed by atoms with E-state index in [2.05, 4.69) is 21.2 Å². The topological polar surface area (TPSA) is 29.1 Å². The first-order valence-electron chi connectivity index (χ1n) is 5.27. The van der Waals surface area contributed by atoms with E-state index >= 15 is 0 Å². The first-order valence-corrected chi connectivity index (χ1v) is 6.07. The minimum Gasteiger partial charge on any atom is -0.352 e. The lowest BCUT2D eigenvalue weighted by atomic mass is 10.1. The summed E-state index contributed by atoms with van der Waals surface area (Å²) in [5.74, 6) is -0.00272. The third kappa shape index (κ3) is 4.07. The van der Waals surface area contributed by atoms with Crippen LogP contribution in [0.25, 0.3) is 0 Å². The van der Waals surface area contributed by atoms with Gasteiger partial charge in [-0.25, -0.2) is 8.78 Å². The molecule has 0 heterocycles. The summed E-state index contributed by atoms with van der Waals surface area (Å²) in [6.45, 7) is 4.46. The number of alkyl halides is 2. The molecule has 0 atom stereocenters. The Kier molecular flexibility index (Phi) is 5.05. The molecule has 0 unspecified atom stereocenters. The smallest absolute Gasteiger partial charge is 0.264 e. The van der Waals surface area contributed by atoms with Gasteiger partial charge in [-0.3, -0.25) is 4.79 Å². The van der Waals surface area contributed by atoms with Crippen molar-refractivity contribution in [2.24, 2.45) is 5.92 Å². The molecule has 0 aliphatic carbocycles. The predicted molar refractivity (Wildman–Crippen MR) is 66.3 cm³/mol. The van der Waals surface area contributed by atoms with Gasteiger partial charge in [0.1, 0.15) is 0 Å². The van der Waals surface area contributed by atoms with Crippen molar-refractivity contribution < 1.29 is 13.6 Å². The quantitative estimate of drug-likeness (QED) is 0.901. The number of hydrogen-bond donors (Lipinski definition) is 1. The van der Waals surface area contributed by atoms with E-state index in [1.54, 1.807) is 0 Å². The third-order valence-electron chi connectivity index (χ3n) is 2.16. The Morgan fingerprint density at radius 3 is 2.59 bits per heavy atom. The second-order valence-electron chi connectivity index (χ2n) is 4.14. The largest absolute Gasteiger partial charge is 0.352 e. The molecule has 1 N–H and O–H groups in total. The van der Waals surface area contributed by atoms with Gasteiger partial charge >= 0.3 is 0 Å². The fraction of sp³-hybridized carbons (Fsp3) is 0.417. The fourth-order valence-electron chi connectivity index (χ4n) is 1.25. The van der Waals surface area contributed by atoms with Crippen LogP contribution in [0.3, 0.4) is 0 Å². The first kappa shape index (κ1) is 14.1. The maximum absolute atomic E-state index is 12.6. The molecule has 0 saturated carbocycles. The van der Waals surface area contributed by atoms with Gasteiger partial charge in [0.15, 0.2) is 0 Å². The highest BCUT2D eigenvalue weighted by Crippen LogP contribution is 2.28. The van der Waals surface area contributed by atoms with Crippen molar-refractivity contribution in [1.82, 2.24) is 5.32 Å². The van der Waals surface area contributed by atoms with Crippen LogP contribution in [-0.4, -0.2) is 12.5 Å². The number of carbonyl (C=O) groups excluding carboxylic acids is 1. The third-order valence-corrected chi connectivity index (χ3v) is 2.89. The molecule has 0 aliphatic heterocycles. The van der Waals surface area contributed by atoms with Crippen LogP contribution in [0, 0.1) is 5.92 Å². The van der Waals surface area contributed by atoms with E-state index in [0.717, 1.165) is 0 Å². The molecule has 17 heavy (non-hydrogen) atoms. The average molecular weight is 306 g/mol. The zero-order valence-electron chi connectivity index (χ0n) is 9.64. The van der Waals surface area contributed by atoms with Gasteiger partial charge in [0, 0.05) is 22.1 Å². The van der Waals surface area contributed by atoms with Crippen molar-refractivity contribution in [2.45, 2.75) is 20.3 Å². The molecular formula is C12H14BrF2NO. The number of benzene rings is 1. The normalized spacial score (nSPS) is 11.0. The molecule has 0 aliphatic rings. The molecule has 0 aromatic heterocycles. The highest BCUT2D eigenvalue weighted by molar-refractivity contribution is 9.10. The van der Waals surface area contributed by atoms with Crippen LogP contribution in [0.2, 0.25) is 0 Å². The monoisotopic (exact) mass is 305 g/mol. The van der Waals surface area contributed by atoms with Crippen LogP contribution in [0.15, 0.2) is 22.7 Å². The molecule has 1 amide bonds. The number of halogens is 3. The lowest BCUT2D eigenvalue weighted by molar-refractivity contribution is 0.0948. The number of amides is 1. The highest BCUT2D eigenvalue weighted by Gasteiger charge is 2.15. The Morgan fingerprint density at radius 2 is 2.06 bits per heavy atom. The summed E-state index contributed by atoms with van der Waals surface area (Å²) in [5.41, 5.74) is 0.0892. The van der Waals surface area contributed by atoms with E-state index in [-0.39, 0.29) is 17.0 Å². The van der Waals surface area contributed by atoms with Gasteiger partial charge in [-0.2, -0.15) is 0 Å². The van der Waals surface area contributed by atoms with Crippen LogP contribution in [0.5, 0.6) is 0 Å². The van der Waals surface area contributed by atoms with E-state index in [1.165, 1.54) is 18.2 Å². The second kappa shape index (κ2) is 6.10. The van der Waals surface area contributed by atoms with E-state index in [0.29, 0.717) is 16.9 Å². The van der Waals surface area contributed by atoms with Gasteiger partial charge < -0.3 is 5.32 Å². The molecule has 1 aromatic carbocycles. The first-order chi connectivity index (χ1) is 7.91. The molecule has 1 rings (SSSR count). The van der Waals surface area contributed by atoms with Crippen molar-refractivity contribution in [3.05, 3.63) is 33.8 Å². The van der Waals surface area contributed by atoms with Gasteiger partial charge in [-0.15, -0.1) is 0 Å².